The first-order chi connectivity index (χ1) is 10.2. The first kappa shape index (κ1) is 22.4. The lowest BCUT2D eigenvalue weighted by Crippen LogP contribution is -2.26. The molecule has 0 spiro atoms. The zero-order chi connectivity index (χ0) is 18.4. The Bertz CT molecular complexity index is 500. The van der Waals surface area contributed by atoms with Crippen LogP contribution in [0.4, 0.5) is 26.3 Å². The van der Waals surface area contributed by atoms with Crippen molar-refractivity contribution in [3.63, 3.8) is 0 Å². The monoisotopic (exact) mass is 396 g/mol. The highest BCUT2D eigenvalue weighted by molar-refractivity contribution is 7.87. The van der Waals surface area contributed by atoms with Crippen LogP contribution in [0.15, 0.2) is 0 Å². The maximum atomic E-state index is 11.9. The van der Waals surface area contributed by atoms with Crippen LogP contribution < -0.4 is 0 Å². The normalized spacial score (nSPS) is 14.2. The highest BCUT2D eigenvalue weighted by Crippen LogP contribution is 2.25. The predicted molar refractivity (Wildman–Crippen MR) is 64.9 cm³/mol. The van der Waals surface area contributed by atoms with Gasteiger partial charge in [0.05, 0.1) is 13.2 Å². The first-order valence-electron chi connectivity index (χ1n) is 6.12. The van der Waals surface area contributed by atoms with Gasteiger partial charge in [0, 0.05) is 0 Å². The Labute approximate surface area is 129 Å². The minimum absolute atomic E-state index is 0.0168. The summed E-state index contributed by atoms with van der Waals surface area (Å²) in [4.78, 5) is 0. The van der Waals surface area contributed by atoms with Gasteiger partial charge in [-0.05, 0) is 12.8 Å². The van der Waals surface area contributed by atoms with E-state index in [9.17, 15) is 43.2 Å². The molecule has 0 amide bonds. The molecule has 0 saturated carbocycles. The van der Waals surface area contributed by atoms with Crippen molar-refractivity contribution in [2.45, 2.75) is 43.1 Å². The molecule has 0 unspecified atom stereocenters. The Balaban J connectivity index is 3.74. The van der Waals surface area contributed by atoms with E-state index in [4.69, 9.17) is 0 Å². The molecule has 0 aliphatic heterocycles. The summed E-state index contributed by atoms with van der Waals surface area (Å²) in [5, 5.41) is 0. The molecule has 0 rings (SSSR count). The molecule has 6 nitrogen and oxygen atoms in total. The average molecular weight is 396 g/mol. The summed E-state index contributed by atoms with van der Waals surface area (Å²) in [7, 11) is -11.2. The third kappa shape index (κ3) is 8.17. The topological polar surface area (TPSA) is 86.7 Å². The van der Waals surface area contributed by atoms with Gasteiger partial charge in [0.15, 0.2) is 0 Å². The minimum atomic E-state index is -5.62. The second-order valence-corrected chi connectivity index (χ2v) is 7.43. The van der Waals surface area contributed by atoms with Crippen LogP contribution in [0.2, 0.25) is 0 Å². The summed E-state index contributed by atoms with van der Waals surface area (Å²) < 4.78 is 121. The molecule has 0 aliphatic carbocycles. The maximum Gasteiger partial charge on any atom is 0.523 e. The molecule has 0 aliphatic rings. The summed E-state index contributed by atoms with van der Waals surface area (Å²) in [5.41, 5.74) is -11.0. The fraction of sp³-hybridized carbons (Fsp3) is 1.00. The molecular weight excluding hydrogens is 382 g/mol. The molecule has 0 bridgehead atoms. The number of rotatable bonds is 10. The van der Waals surface area contributed by atoms with Gasteiger partial charge in [-0.1, -0.05) is 19.3 Å². The van der Waals surface area contributed by atoms with Crippen molar-refractivity contribution in [2.24, 2.45) is 0 Å². The number of alkyl halides is 6. The first-order valence-corrected chi connectivity index (χ1v) is 8.94. The molecule has 23 heavy (non-hydrogen) atoms. The van der Waals surface area contributed by atoms with Crippen molar-refractivity contribution in [3.8, 4) is 0 Å². The van der Waals surface area contributed by atoms with Crippen LogP contribution in [0, 0.1) is 0 Å². The molecule has 0 heterocycles. The average Bonchev–Trinajstić information content (AvgIpc) is 2.33. The lowest BCUT2D eigenvalue weighted by Gasteiger charge is -2.08. The molecule has 14 heteroatoms. The van der Waals surface area contributed by atoms with Crippen LogP contribution in [0.1, 0.15) is 32.1 Å². The minimum Gasteiger partial charge on any atom is -0.263 e. The lowest BCUT2D eigenvalue weighted by atomic mass is 10.2. The van der Waals surface area contributed by atoms with E-state index in [0.717, 1.165) is 0 Å². The molecule has 140 valence electrons. The third-order valence-electron chi connectivity index (χ3n) is 2.33. The lowest BCUT2D eigenvalue weighted by molar-refractivity contribution is -0.0546. The van der Waals surface area contributed by atoms with Gasteiger partial charge < -0.3 is 0 Å². The predicted octanol–water partition coefficient (Wildman–Crippen LogP) is 2.67. The maximum absolute atomic E-state index is 11.9. The van der Waals surface area contributed by atoms with E-state index in [0.29, 0.717) is 6.42 Å². The summed E-state index contributed by atoms with van der Waals surface area (Å²) in [6.45, 7) is -1.36. The van der Waals surface area contributed by atoms with Gasteiger partial charge in [0.25, 0.3) is 0 Å². The number of hydrogen-bond acceptors (Lipinski definition) is 6. The van der Waals surface area contributed by atoms with Gasteiger partial charge in [0.2, 0.25) is 0 Å². The van der Waals surface area contributed by atoms with Crippen LogP contribution in [0.5, 0.6) is 0 Å². The standard InChI is InChI=1S/C9H14F6O6S2/c10-8(11,12)22(16,17)20-6-4-2-1-3-5-7-21-23(18,19)9(13,14)15/h1-7H2. The largest absolute Gasteiger partial charge is 0.523 e. The second kappa shape index (κ2) is 8.48. The van der Waals surface area contributed by atoms with Crippen LogP contribution in [-0.2, 0) is 28.6 Å². The van der Waals surface area contributed by atoms with E-state index in [1.807, 2.05) is 0 Å². The van der Waals surface area contributed by atoms with Gasteiger partial charge >= 0.3 is 31.3 Å². The fourth-order valence-electron chi connectivity index (χ4n) is 1.21. The second-order valence-electron chi connectivity index (χ2n) is 4.21. The molecular formula is C9H14F6O6S2. The Morgan fingerprint density at radius 2 is 0.826 bits per heavy atom. The van der Waals surface area contributed by atoms with E-state index >= 15 is 0 Å². The quantitative estimate of drug-likeness (QED) is 0.244. The Morgan fingerprint density at radius 1 is 0.565 bits per heavy atom. The molecule has 0 aromatic carbocycles. The van der Waals surface area contributed by atoms with Gasteiger partial charge in [0.1, 0.15) is 0 Å². The summed E-state index contributed by atoms with van der Waals surface area (Å²) in [6.07, 6.45) is 0.789. The Kier molecular flexibility index (Phi) is 8.26. The third-order valence-corrected chi connectivity index (χ3v) is 4.42. The van der Waals surface area contributed by atoms with Crippen LogP contribution in [0.3, 0.4) is 0 Å². The summed E-state index contributed by atoms with van der Waals surface area (Å²) in [5.74, 6) is 0. The highest BCUT2D eigenvalue weighted by atomic mass is 32.2. The van der Waals surface area contributed by atoms with E-state index in [1.54, 1.807) is 0 Å². The van der Waals surface area contributed by atoms with Crippen LogP contribution >= 0.6 is 0 Å². The van der Waals surface area contributed by atoms with Crippen LogP contribution in [-0.4, -0.2) is 41.1 Å². The molecule has 0 aromatic rings. The zero-order valence-electron chi connectivity index (χ0n) is 11.5. The van der Waals surface area contributed by atoms with E-state index in [1.165, 1.54) is 0 Å². The molecule has 0 N–H and O–H groups in total. The van der Waals surface area contributed by atoms with Crippen molar-refractivity contribution < 1.29 is 51.5 Å². The van der Waals surface area contributed by atoms with Gasteiger partial charge in [-0.3, -0.25) is 8.37 Å². The number of hydrogen-bond donors (Lipinski definition) is 0. The summed E-state index contributed by atoms with van der Waals surface area (Å²) in [6, 6.07) is 0. The highest BCUT2D eigenvalue weighted by Gasteiger charge is 2.47. The molecule has 0 fully saturated rings. The van der Waals surface area contributed by atoms with Gasteiger partial charge in [-0.2, -0.15) is 43.2 Å². The van der Waals surface area contributed by atoms with Crippen LogP contribution in [0.25, 0.3) is 0 Å². The van der Waals surface area contributed by atoms with E-state index in [-0.39, 0.29) is 25.7 Å². The van der Waals surface area contributed by atoms with E-state index < -0.39 is 44.5 Å². The Morgan fingerprint density at radius 3 is 1.09 bits per heavy atom. The van der Waals surface area contributed by atoms with Crippen molar-refractivity contribution in [2.75, 3.05) is 13.2 Å². The number of unbranched alkanes of at least 4 members (excludes halogenated alkanes) is 4. The van der Waals surface area contributed by atoms with Crippen molar-refractivity contribution in [1.82, 2.24) is 0 Å². The summed E-state index contributed by atoms with van der Waals surface area (Å²) >= 11 is 0. The smallest absolute Gasteiger partial charge is 0.263 e. The molecule has 0 radical (unpaired) electrons. The zero-order valence-corrected chi connectivity index (χ0v) is 13.1. The fourth-order valence-corrected chi connectivity index (χ4v) is 2.15. The molecule has 0 atom stereocenters. The van der Waals surface area contributed by atoms with Crippen molar-refractivity contribution in [3.05, 3.63) is 0 Å². The van der Waals surface area contributed by atoms with Crippen molar-refractivity contribution >= 4 is 20.2 Å². The van der Waals surface area contributed by atoms with Gasteiger partial charge in [-0.15, -0.1) is 0 Å². The molecule has 0 saturated heterocycles. The molecule has 0 aromatic heterocycles. The van der Waals surface area contributed by atoms with Crippen molar-refractivity contribution in [1.29, 1.82) is 0 Å². The Hall–Kier alpha value is -0.600. The number of halogens is 6. The van der Waals surface area contributed by atoms with E-state index in [2.05, 4.69) is 8.37 Å². The van der Waals surface area contributed by atoms with Gasteiger partial charge in [-0.25, -0.2) is 0 Å². The SMILES string of the molecule is O=S(=O)(OCCCCCCCOS(=O)(=O)C(F)(F)F)C(F)(F)F.